The first kappa shape index (κ1) is 16.0. The highest BCUT2D eigenvalue weighted by atomic mass is 19.1. The topological polar surface area (TPSA) is 32.3 Å². The minimum atomic E-state index is -0.691. The Morgan fingerprint density at radius 1 is 1.48 bits per heavy atom. The summed E-state index contributed by atoms with van der Waals surface area (Å²) in [5.74, 6) is 0.310. The number of carbonyl (C=O) groups is 1. The van der Waals surface area contributed by atoms with Crippen LogP contribution in [0, 0.1) is 11.7 Å². The van der Waals surface area contributed by atoms with Gasteiger partial charge < -0.3 is 10.2 Å². The van der Waals surface area contributed by atoms with Crippen LogP contribution in [0.4, 0.5) is 4.39 Å². The molecule has 0 aromatic heterocycles. The van der Waals surface area contributed by atoms with Crippen LogP contribution in [0.25, 0.3) is 0 Å². The highest BCUT2D eigenvalue weighted by Gasteiger charge is 2.35. The lowest BCUT2D eigenvalue weighted by Crippen LogP contribution is -2.49. The van der Waals surface area contributed by atoms with Gasteiger partial charge in [0.25, 0.3) is 0 Å². The number of hydrogen-bond donors (Lipinski definition) is 1. The Kier molecular flexibility index (Phi) is 4.99. The van der Waals surface area contributed by atoms with Crippen LogP contribution in [0.5, 0.6) is 0 Å². The van der Waals surface area contributed by atoms with Crippen molar-refractivity contribution in [3.05, 3.63) is 35.6 Å². The number of rotatable bonds is 4. The molecule has 0 bridgehead atoms. The van der Waals surface area contributed by atoms with Gasteiger partial charge in [-0.2, -0.15) is 0 Å². The predicted octanol–water partition coefficient (Wildman–Crippen LogP) is 2.56. The molecular weight excluding hydrogens is 267 g/mol. The zero-order valence-electron chi connectivity index (χ0n) is 13.2. The summed E-state index contributed by atoms with van der Waals surface area (Å²) in [7, 11) is 1.94. The fraction of sp³-hybridized carbons (Fsp3) is 0.588. The summed E-state index contributed by atoms with van der Waals surface area (Å²) in [6, 6.07) is 6.37. The third-order valence-corrected chi connectivity index (χ3v) is 4.38. The molecular formula is C17H25FN2O. The van der Waals surface area contributed by atoms with Crippen molar-refractivity contribution in [3.63, 3.8) is 0 Å². The molecule has 3 nitrogen and oxygen atoms in total. The molecule has 1 saturated heterocycles. The molecule has 21 heavy (non-hydrogen) atoms. The molecule has 1 heterocycles. The maximum atomic E-state index is 13.4. The van der Waals surface area contributed by atoms with Crippen LogP contribution in [0.1, 0.15) is 32.3 Å². The smallest absolute Gasteiger partial charge is 0.232 e. The summed E-state index contributed by atoms with van der Waals surface area (Å²) in [5, 5.41) is 3.19. The molecule has 1 aliphatic heterocycles. The second-order valence-electron chi connectivity index (χ2n) is 6.45. The quantitative estimate of drug-likeness (QED) is 0.925. The Balaban J connectivity index is 2.14. The molecule has 0 spiro atoms. The Morgan fingerprint density at radius 2 is 2.24 bits per heavy atom. The third-order valence-electron chi connectivity index (χ3n) is 4.38. The van der Waals surface area contributed by atoms with E-state index >= 15 is 0 Å². The summed E-state index contributed by atoms with van der Waals surface area (Å²) in [6.07, 6.45) is 2.20. The first-order valence-electron chi connectivity index (χ1n) is 7.65. The number of piperidine rings is 1. The molecule has 1 amide bonds. The SMILES string of the molecule is CNCC1CCCN(C(=O)C(C)(C)c2cccc(F)c2)C1. The molecule has 0 saturated carbocycles. The van der Waals surface area contributed by atoms with Crippen LogP contribution in [0.3, 0.4) is 0 Å². The van der Waals surface area contributed by atoms with E-state index in [9.17, 15) is 9.18 Å². The summed E-state index contributed by atoms with van der Waals surface area (Å²) in [5.41, 5.74) is 0.0483. The largest absolute Gasteiger partial charge is 0.342 e. The van der Waals surface area contributed by atoms with E-state index in [-0.39, 0.29) is 11.7 Å². The summed E-state index contributed by atoms with van der Waals surface area (Å²) >= 11 is 0. The molecule has 1 aliphatic rings. The normalized spacial score (nSPS) is 19.6. The zero-order valence-corrected chi connectivity index (χ0v) is 13.2. The lowest BCUT2D eigenvalue weighted by molar-refractivity contribution is -0.138. The molecule has 4 heteroatoms. The van der Waals surface area contributed by atoms with E-state index in [2.05, 4.69) is 5.32 Å². The highest BCUT2D eigenvalue weighted by Crippen LogP contribution is 2.28. The number of nitrogens with one attached hydrogen (secondary N) is 1. The van der Waals surface area contributed by atoms with Crippen molar-refractivity contribution in [2.24, 2.45) is 5.92 Å². The lowest BCUT2D eigenvalue weighted by atomic mass is 9.82. The number of halogens is 1. The molecule has 1 fully saturated rings. The van der Waals surface area contributed by atoms with Crippen LogP contribution < -0.4 is 5.32 Å². The Bertz CT molecular complexity index is 499. The number of likely N-dealkylation sites (tertiary alicyclic amines) is 1. The van der Waals surface area contributed by atoms with Crippen molar-refractivity contribution in [1.82, 2.24) is 10.2 Å². The van der Waals surface area contributed by atoms with Crippen LogP contribution >= 0.6 is 0 Å². The average molecular weight is 292 g/mol. The van der Waals surface area contributed by atoms with Crippen molar-refractivity contribution in [2.45, 2.75) is 32.1 Å². The molecule has 2 rings (SSSR count). The van der Waals surface area contributed by atoms with Gasteiger partial charge in [-0.15, -0.1) is 0 Å². The number of carbonyl (C=O) groups excluding carboxylic acids is 1. The van der Waals surface area contributed by atoms with Gasteiger partial charge in [-0.05, 0) is 63.9 Å². The summed E-state index contributed by atoms with van der Waals surface area (Å²) in [6.45, 7) is 6.29. The van der Waals surface area contributed by atoms with Gasteiger partial charge in [-0.3, -0.25) is 4.79 Å². The van der Waals surface area contributed by atoms with Gasteiger partial charge in [0.15, 0.2) is 0 Å². The Morgan fingerprint density at radius 3 is 2.90 bits per heavy atom. The van der Waals surface area contributed by atoms with E-state index in [1.165, 1.54) is 12.1 Å². The fourth-order valence-corrected chi connectivity index (χ4v) is 3.10. The van der Waals surface area contributed by atoms with Crippen LogP contribution in [0.2, 0.25) is 0 Å². The van der Waals surface area contributed by atoms with E-state index in [0.717, 1.165) is 38.0 Å². The molecule has 1 unspecified atom stereocenters. The van der Waals surface area contributed by atoms with Gasteiger partial charge in [-0.25, -0.2) is 4.39 Å². The van der Waals surface area contributed by atoms with E-state index in [1.54, 1.807) is 6.07 Å². The first-order valence-corrected chi connectivity index (χ1v) is 7.65. The number of hydrogen-bond acceptors (Lipinski definition) is 2. The Labute approximate surface area is 126 Å². The maximum absolute atomic E-state index is 13.4. The molecule has 1 N–H and O–H groups in total. The summed E-state index contributed by atoms with van der Waals surface area (Å²) < 4.78 is 13.4. The molecule has 1 aromatic rings. The third kappa shape index (κ3) is 3.62. The van der Waals surface area contributed by atoms with Crippen LogP contribution in [0.15, 0.2) is 24.3 Å². The van der Waals surface area contributed by atoms with Gasteiger partial charge in [-0.1, -0.05) is 12.1 Å². The zero-order chi connectivity index (χ0) is 15.5. The molecule has 1 atom stereocenters. The van der Waals surface area contributed by atoms with E-state index in [0.29, 0.717) is 5.92 Å². The maximum Gasteiger partial charge on any atom is 0.232 e. The molecule has 116 valence electrons. The van der Waals surface area contributed by atoms with Gasteiger partial charge >= 0.3 is 0 Å². The van der Waals surface area contributed by atoms with Crippen LogP contribution in [-0.4, -0.2) is 37.5 Å². The highest BCUT2D eigenvalue weighted by molar-refractivity contribution is 5.87. The number of amides is 1. The predicted molar refractivity (Wildman–Crippen MR) is 82.7 cm³/mol. The van der Waals surface area contributed by atoms with Gasteiger partial charge in [0.1, 0.15) is 5.82 Å². The van der Waals surface area contributed by atoms with Crippen molar-refractivity contribution >= 4 is 5.91 Å². The minimum Gasteiger partial charge on any atom is -0.342 e. The van der Waals surface area contributed by atoms with E-state index in [1.807, 2.05) is 31.9 Å². The number of benzene rings is 1. The second-order valence-corrected chi connectivity index (χ2v) is 6.45. The Hall–Kier alpha value is -1.42. The average Bonchev–Trinajstić information content (AvgIpc) is 2.47. The van der Waals surface area contributed by atoms with Crippen LogP contribution in [-0.2, 0) is 10.2 Å². The van der Waals surface area contributed by atoms with E-state index < -0.39 is 5.41 Å². The van der Waals surface area contributed by atoms with Crippen molar-refractivity contribution in [2.75, 3.05) is 26.7 Å². The minimum absolute atomic E-state index is 0.0916. The second kappa shape index (κ2) is 6.56. The monoisotopic (exact) mass is 292 g/mol. The molecule has 0 aliphatic carbocycles. The van der Waals surface area contributed by atoms with Crippen molar-refractivity contribution in [3.8, 4) is 0 Å². The molecule has 0 radical (unpaired) electrons. The first-order chi connectivity index (χ1) is 9.95. The van der Waals surface area contributed by atoms with Crippen molar-refractivity contribution < 1.29 is 9.18 Å². The van der Waals surface area contributed by atoms with E-state index in [4.69, 9.17) is 0 Å². The molecule has 1 aromatic carbocycles. The van der Waals surface area contributed by atoms with Gasteiger partial charge in [0.2, 0.25) is 5.91 Å². The van der Waals surface area contributed by atoms with Gasteiger partial charge in [0, 0.05) is 13.1 Å². The summed E-state index contributed by atoms with van der Waals surface area (Å²) in [4.78, 5) is 14.8. The van der Waals surface area contributed by atoms with Crippen molar-refractivity contribution in [1.29, 1.82) is 0 Å². The fourth-order valence-electron chi connectivity index (χ4n) is 3.10. The standard InChI is InChI=1S/C17H25FN2O/c1-17(2,14-7-4-8-15(18)10-14)16(21)20-9-5-6-13(12-20)11-19-3/h4,7-8,10,13,19H,5-6,9,11-12H2,1-3H3. The lowest BCUT2D eigenvalue weighted by Gasteiger charge is -2.38. The number of nitrogens with zero attached hydrogens (tertiary/aromatic N) is 1. The van der Waals surface area contributed by atoms with Gasteiger partial charge in [0.05, 0.1) is 5.41 Å².